The number of aryl methyl sites for hydroxylation is 1. The number of thioether (sulfide) groups is 1. The highest BCUT2D eigenvalue weighted by Crippen LogP contribution is 2.26. The van der Waals surface area contributed by atoms with Gasteiger partial charge in [-0.3, -0.25) is 4.79 Å². The number of carbonyl (C=O) groups excluding carboxylic acids is 1. The number of sulfonamides is 1. The summed E-state index contributed by atoms with van der Waals surface area (Å²) in [6, 6.07) is 14.8. The molecule has 5 nitrogen and oxygen atoms in total. The van der Waals surface area contributed by atoms with E-state index >= 15 is 0 Å². The molecule has 27 heavy (non-hydrogen) atoms. The molecule has 0 aliphatic heterocycles. The minimum Gasteiger partial charge on any atom is -0.325 e. The Morgan fingerprint density at radius 3 is 2.37 bits per heavy atom. The molecule has 2 rings (SSSR count). The maximum Gasteiger partial charge on any atom is 0.238 e. The SMILES string of the molecule is CCc1ccc(NC(=O)C(SCc2ccccc2)C(C)C)cc1S(N)(=O)=O. The highest BCUT2D eigenvalue weighted by Gasteiger charge is 2.23. The number of hydrogen-bond donors (Lipinski definition) is 2. The van der Waals surface area contributed by atoms with Crippen LogP contribution in [0.4, 0.5) is 5.69 Å². The first-order valence-electron chi connectivity index (χ1n) is 8.84. The molecule has 0 saturated heterocycles. The van der Waals surface area contributed by atoms with Crippen LogP contribution in [-0.4, -0.2) is 19.6 Å². The maximum absolute atomic E-state index is 12.8. The van der Waals surface area contributed by atoms with E-state index in [1.165, 1.54) is 6.07 Å². The Kier molecular flexibility index (Phi) is 7.47. The third kappa shape index (κ3) is 6.09. The minimum absolute atomic E-state index is 0.0563. The van der Waals surface area contributed by atoms with Gasteiger partial charge in [0.25, 0.3) is 0 Å². The van der Waals surface area contributed by atoms with Gasteiger partial charge in [0.05, 0.1) is 10.1 Å². The van der Waals surface area contributed by atoms with Gasteiger partial charge < -0.3 is 5.32 Å². The van der Waals surface area contributed by atoms with Gasteiger partial charge >= 0.3 is 0 Å². The van der Waals surface area contributed by atoms with Crippen LogP contribution in [-0.2, 0) is 27.0 Å². The van der Waals surface area contributed by atoms with Crippen molar-refractivity contribution in [3.05, 3.63) is 59.7 Å². The molecule has 0 radical (unpaired) electrons. The van der Waals surface area contributed by atoms with E-state index in [0.29, 0.717) is 17.7 Å². The van der Waals surface area contributed by atoms with Gasteiger partial charge in [-0.15, -0.1) is 11.8 Å². The van der Waals surface area contributed by atoms with Gasteiger partial charge in [0.2, 0.25) is 15.9 Å². The second-order valence-corrected chi connectivity index (χ2v) is 9.33. The molecule has 2 aromatic carbocycles. The second-order valence-electron chi connectivity index (χ2n) is 6.67. The monoisotopic (exact) mass is 406 g/mol. The molecule has 0 saturated carbocycles. The van der Waals surface area contributed by atoms with E-state index < -0.39 is 10.0 Å². The van der Waals surface area contributed by atoms with Gasteiger partial charge in [0.15, 0.2) is 0 Å². The topological polar surface area (TPSA) is 89.3 Å². The zero-order valence-corrected chi connectivity index (χ0v) is 17.4. The van der Waals surface area contributed by atoms with Gasteiger partial charge in [-0.05, 0) is 35.6 Å². The molecule has 146 valence electrons. The number of primary sulfonamides is 1. The first-order valence-corrected chi connectivity index (χ1v) is 11.4. The quantitative estimate of drug-likeness (QED) is 0.698. The van der Waals surface area contributed by atoms with Crippen molar-refractivity contribution >= 4 is 33.4 Å². The van der Waals surface area contributed by atoms with Gasteiger partial charge in [-0.25, -0.2) is 13.6 Å². The average molecular weight is 407 g/mol. The Morgan fingerprint density at radius 2 is 1.81 bits per heavy atom. The first-order chi connectivity index (χ1) is 12.7. The van der Waals surface area contributed by atoms with Crippen LogP contribution in [0.15, 0.2) is 53.4 Å². The predicted octanol–water partition coefficient (Wildman–Crippen LogP) is 3.79. The van der Waals surface area contributed by atoms with Gasteiger partial charge in [0, 0.05) is 11.4 Å². The summed E-state index contributed by atoms with van der Waals surface area (Å²) in [7, 11) is -3.84. The van der Waals surface area contributed by atoms with Crippen molar-refractivity contribution in [3.8, 4) is 0 Å². The van der Waals surface area contributed by atoms with Crippen LogP contribution in [0.3, 0.4) is 0 Å². The summed E-state index contributed by atoms with van der Waals surface area (Å²) in [4.78, 5) is 12.8. The Bertz CT molecular complexity index is 881. The van der Waals surface area contributed by atoms with Crippen molar-refractivity contribution < 1.29 is 13.2 Å². The number of hydrogen-bond acceptors (Lipinski definition) is 4. The van der Waals surface area contributed by atoms with E-state index in [4.69, 9.17) is 5.14 Å². The van der Waals surface area contributed by atoms with Crippen LogP contribution >= 0.6 is 11.8 Å². The number of amides is 1. The number of anilines is 1. The third-order valence-corrected chi connectivity index (χ3v) is 6.77. The molecule has 0 aliphatic carbocycles. The minimum atomic E-state index is -3.84. The van der Waals surface area contributed by atoms with Gasteiger partial charge in [-0.1, -0.05) is 57.2 Å². The fraction of sp³-hybridized carbons (Fsp3) is 0.350. The van der Waals surface area contributed by atoms with Crippen LogP contribution in [0.2, 0.25) is 0 Å². The van der Waals surface area contributed by atoms with Crippen LogP contribution in [0.1, 0.15) is 31.9 Å². The van der Waals surface area contributed by atoms with Crippen LogP contribution in [0.25, 0.3) is 0 Å². The average Bonchev–Trinajstić information content (AvgIpc) is 2.61. The van der Waals surface area contributed by atoms with E-state index in [1.807, 2.05) is 51.1 Å². The van der Waals surface area contributed by atoms with E-state index in [-0.39, 0.29) is 22.0 Å². The molecule has 3 N–H and O–H groups in total. The fourth-order valence-corrected chi connectivity index (χ4v) is 4.76. The molecule has 2 aromatic rings. The molecular weight excluding hydrogens is 380 g/mol. The van der Waals surface area contributed by atoms with Gasteiger partial charge in [0.1, 0.15) is 0 Å². The van der Waals surface area contributed by atoms with Crippen LogP contribution in [0, 0.1) is 5.92 Å². The lowest BCUT2D eigenvalue weighted by atomic mass is 10.1. The lowest BCUT2D eigenvalue weighted by molar-refractivity contribution is -0.116. The summed E-state index contributed by atoms with van der Waals surface area (Å²) in [5.41, 5.74) is 2.23. The number of rotatable bonds is 8. The molecule has 0 spiro atoms. The zero-order valence-electron chi connectivity index (χ0n) is 15.8. The van der Waals surface area contributed by atoms with Crippen molar-refractivity contribution in [1.29, 1.82) is 0 Å². The number of carbonyl (C=O) groups is 1. The molecule has 0 bridgehead atoms. The molecule has 0 heterocycles. The molecule has 1 unspecified atom stereocenters. The van der Waals surface area contributed by atoms with Gasteiger partial charge in [-0.2, -0.15) is 0 Å². The highest BCUT2D eigenvalue weighted by atomic mass is 32.2. The van der Waals surface area contributed by atoms with E-state index in [2.05, 4.69) is 5.32 Å². The summed E-state index contributed by atoms with van der Waals surface area (Å²) in [5, 5.41) is 7.90. The molecule has 1 atom stereocenters. The summed E-state index contributed by atoms with van der Waals surface area (Å²) in [5.74, 6) is 0.718. The molecular formula is C20H26N2O3S2. The lowest BCUT2D eigenvalue weighted by Crippen LogP contribution is -2.30. The van der Waals surface area contributed by atoms with Crippen LogP contribution in [0.5, 0.6) is 0 Å². The van der Waals surface area contributed by atoms with E-state index in [0.717, 1.165) is 11.3 Å². The first kappa shape index (κ1) is 21.5. The molecule has 1 amide bonds. The summed E-state index contributed by atoms with van der Waals surface area (Å²) in [6.45, 7) is 5.85. The highest BCUT2D eigenvalue weighted by molar-refractivity contribution is 7.99. The molecule has 0 aliphatic rings. The Balaban J connectivity index is 2.15. The Labute approximate surface area is 165 Å². The largest absolute Gasteiger partial charge is 0.325 e. The Morgan fingerprint density at radius 1 is 1.15 bits per heavy atom. The fourth-order valence-electron chi connectivity index (χ4n) is 2.73. The van der Waals surface area contributed by atoms with Crippen molar-refractivity contribution in [2.24, 2.45) is 11.1 Å². The lowest BCUT2D eigenvalue weighted by Gasteiger charge is -2.20. The number of nitrogens with one attached hydrogen (secondary N) is 1. The Hall–Kier alpha value is -1.83. The van der Waals surface area contributed by atoms with Crippen LogP contribution < -0.4 is 10.5 Å². The summed E-state index contributed by atoms with van der Waals surface area (Å²) >= 11 is 1.57. The third-order valence-electron chi connectivity index (χ3n) is 4.16. The number of benzene rings is 2. The second kappa shape index (κ2) is 9.39. The van der Waals surface area contributed by atoms with Crippen molar-refractivity contribution in [2.75, 3.05) is 5.32 Å². The zero-order chi connectivity index (χ0) is 20.0. The molecule has 0 fully saturated rings. The summed E-state index contributed by atoms with van der Waals surface area (Å²) in [6.07, 6.45) is 0.543. The van der Waals surface area contributed by atoms with Crippen molar-refractivity contribution in [2.45, 2.75) is 43.1 Å². The smallest absolute Gasteiger partial charge is 0.238 e. The van der Waals surface area contributed by atoms with Crippen molar-refractivity contribution in [3.63, 3.8) is 0 Å². The molecule has 0 aromatic heterocycles. The van der Waals surface area contributed by atoms with E-state index in [9.17, 15) is 13.2 Å². The maximum atomic E-state index is 12.8. The summed E-state index contributed by atoms with van der Waals surface area (Å²) < 4.78 is 23.6. The van der Waals surface area contributed by atoms with E-state index in [1.54, 1.807) is 23.9 Å². The van der Waals surface area contributed by atoms with Crippen molar-refractivity contribution in [1.82, 2.24) is 0 Å². The molecule has 7 heteroatoms. The normalized spacial score (nSPS) is 12.8. The predicted molar refractivity (Wildman–Crippen MR) is 112 cm³/mol. The standard InChI is InChI=1S/C20H26N2O3S2/c1-4-16-10-11-17(12-18(16)27(21,24)25)22-20(23)19(14(2)3)26-13-15-8-6-5-7-9-15/h5-12,14,19H,4,13H2,1-3H3,(H,22,23)(H2,21,24,25). The number of nitrogens with two attached hydrogens (primary N) is 1.